The monoisotopic (exact) mass is 312 g/mol. The van der Waals surface area contributed by atoms with E-state index < -0.39 is 10.2 Å². The molecule has 21 heavy (non-hydrogen) atoms. The summed E-state index contributed by atoms with van der Waals surface area (Å²) >= 11 is 0. The van der Waals surface area contributed by atoms with Crippen molar-refractivity contribution in [1.29, 1.82) is 0 Å². The molecule has 6 N–H and O–H groups in total. The van der Waals surface area contributed by atoms with Crippen LogP contribution in [0.4, 0.5) is 11.4 Å². The highest BCUT2D eigenvalue weighted by atomic mass is 32.2. The molecule has 0 bridgehead atoms. The predicted molar refractivity (Wildman–Crippen MR) is 81.7 cm³/mol. The van der Waals surface area contributed by atoms with Gasteiger partial charge in [-0.05, 0) is 43.9 Å². The second kappa shape index (κ2) is 6.42. The minimum Gasteiger partial charge on any atom is -0.328 e. The van der Waals surface area contributed by atoms with E-state index in [2.05, 4.69) is 10.0 Å². The van der Waals surface area contributed by atoms with Gasteiger partial charge >= 0.3 is 0 Å². The first-order valence-corrected chi connectivity index (χ1v) is 8.35. The van der Waals surface area contributed by atoms with Gasteiger partial charge in [0.1, 0.15) is 0 Å². The number of benzene rings is 1. The Hall–Kier alpha value is -1.64. The Morgan fingerprint density at radius 3 is 2.38 bits per heavy atom. The fraction of sp³-hybridized carbons (Fsp3) is 0.462. The second-order valence-corrected chi connectivity index (χ2v) is 6.62. The Morgan fingerprint density at radius 2 is 1.76 bits per heavy atom. The maximum Gasteiger partial charge on any atom is 0.296 e. The molecule has 0 aliphatic heterocycles. The molecule has 1 aliphatic rings. The molecule has 0 aromatic heterocycles. The van der Waals surface area contributed by atoms with E-state index in [1.165, 1.54) is 6.07 Å². The van der Waals surface area contributed by atoms with Gasteiger partial charge in [-0.3, -0.25) is 9.52 Å². The third-order valence-corrected chi connectivity index (χ3v) is 4.05. The summed E-state index contributed by atoms with van der Waals surface area (Å²) in [6.07, 6.45) is 3.26. The van der Waals surface area contributed by atoms with Gasteiger partial charge in [-0.1, -0.05) is 6.07 Å². The molecule has 1 aromatic carbocycles. The van der Waals surface area contributed by atoms with Gasteiger partial charge in [0.15, 0.2) is 0 Å². The summed E-state index contributed by atoms with van der Waals surface area (Å²) in [6, 6.07) is 6.60. The van der Waals surface area contributed by atoms with Gasteiger partial charge in [-0.2, -0.15) is 8.42 Å². The molecule has 2 rings (SSSR count). The van der Waals surface area contributed by atoms with Gasteiger partial charge in [0.25, 0.3) is 10.2 Å². The molecule has 0 atom stereocenters. The first kappa shape index (κ1) is 15.7. The molecule has 1 aromatic rings. The van der Waals surface area contributed by atoms with Crippen molar-refractivity contribution < 1.29 is 13.2 Å². The van der Waals surface area contributed by atoms with Gasteiger partial charge in [0, 0.05) is 17.6 Å². The number of nitrogens with one attached hydrogen (secondary N) is 2. The molecule has 8 heteroatoms. The number of nitrogens with two attached hydrogens (primary N) is 2. The van der Waals surface area contributed by atoms with Crippen LogP contribution in [0, 0.1) is 5.92 Å². The Labute approximate surface area is 124 Å². The number of hydrogen-bond donors (Lipinski definition) is 4. The summed E-state index contributed by atoms with van der Waals surface area (Å²) in [7, 11) is -3.83. The van der Waals surface area contributed by atoms with Crippen LogP contribution in [0.2, 0.25) is 0 Å². The van der Waals surface area contributed by atoms with Crippen LogP contribution in [0.15, 0.2) is 24.3 Å². The van der Waals surface area contributed by atoms with E-state index in [-0.39, 0.29) is 17.9 Å². The van der Waals surface area contributed by atoms with Crippen LogP contribution in [0.3, 0.4) is 0 Å². The fourth-order valence-electron chi connectivity index (χ4n) is 2.45. The van der Waals surface area contributed by atoms with E-state index in [0.29, 0.717) is 11.4 Å². The molecule has 0 spiro atoms. The van der Waals surface area contributed by atoms with Gasteiger partial charge < -0.3 is 11.1 Å². The van der Waals surface area contributed by atoms with Gasteiger partial charge in [0.05, 0.1) is 5.69 Å². The molecule has 1 fully saturated rings. The number of carbonyl (C=O) groups is 1. The van der Waals surface area contributed by atoms with E-state index in [1.54, 1.807) is 18.2 Å². The molecule has 0 radical (unpaired) electrons. The summed E-state index contributed by atoms with van der Waals surface area (Å²) in [5.41, 5.74) is 6.66. The average Bonchev–Trinajstić information content (AvgIpc) is 2.37. The lowest BCUT2D eigenvalue weighted by atomic mass is 9.86. The van der Waals surface area contributed by atoms with Gasteiger partial charge in [0.2, 0.25) is 5.91 Å². The van der Waals surface area contributed by atoms with Crippen LogP contribution in [0.5, 0.6) is 0 Å². The molecule has 1 amide bonds. The molecule has 1 saturated carbocycles. The standard InChI is InChI=1S/C13H20N4O3S/c14-10-6-4-9(5-7-10)13(18)16-11-2-1-3-12(8-11)17-21(15,19)20/h1-3,8-10,17H,4-7,14H2,(H,16,18)(H2,15,19,20). The molecule has 116 valence electrons. The highest BCUT2D eigenvalue weighted by Crippen LogP contribution is 2.25. The smallest absolute Gasteiger partial charge is 0.296 e. The second-order valence-electron chi connectivity index (χ2n) is 5.33. The summed E-state index contributed by atoms with van der Waals surface area (Å²) in [6.45, 7) is 0. The lowest BCUT2D eigenvalue weighted by Gasteiger charge is -2.25. The number of amides is 1. The molecule has 1 aliphatic carbocycles. The van der Waals surface area contributed by atoms with Crippen molar-refractivity contribution in [2.45, 2.75) is 31.7 Å². The van der Waals surface area contributed by atoms with E-state index in [4.69, 9.17) is 10.9 Å². The minimum absolute atomic E-state index is 0.0420. The Kier molecular flexibility index (Phi) is 4.81. The highest BCUT2D eigenvalue weighted by molar-refractivity contribution is 7.90. The summed E-state index contributed by atoms with van der Waals surface area (Å²) in [4.78, 5) is 12.2. The molecular formula is C13H20N4O3S. The van der Waals surface area contributed by atoms with Crippen molar-refractivity contribution in [3.8, 4) is 0 Å². The van der Waals surface area contributed by atoms with Crippen LogP contribution < -0.4 is 20.9 Å². The molecule has 0 unspecified atom stereocenters. The lowest BCUT2D eigenvalue weighted by Crippen LogP contribution is -2.32. The van der Waals surface area contributed by atoms with Crippen molar-refractivity contribution in [3.05, 3.63) is 24.3 Å². The topological polar surface area (TPSA) is 127 Å². The third kappa shape index (κ3) is 5.00. The van der Waals surface area contributed by atoms with Crippen molar-refractivity contribution in [2.24, 2.45) is 16.8 Å². The van der Waals surface area contributed by atoms with Crippen molar-refractivity contribution in [3.63, 3.8) is 0 Å². The van der Waals surface area contributed by atoms with Gasteiger partial charge in [-0.15, -0.1) is 0 Å². The fourth-order valence-corrected chi connectivity index (χ4v) is 2.91. The van der Waals surface area contributed by atoms with Crippen LogP contribution in [0.1, 0.15) is 25.7 Å². The molecule has 7 nitrogen and oxygen atoms in total. The van der Waals surface area contributed by atoms with E-state index in [1.807, 2.05) is 0 Å². The first-order chi connectivity index (χ1) is 9.83. The number of anilines is 2. The van der Waals surface area contributed by atoms with E-state index in [9.17, 15) is 13.2 Å². The van der Waals surface area contributed by atoms with E-state index in [0.717, 1.165) is 25.7 Å². The summed E-state index contributed by atoms with van der Waals surface area (Å²) in [5, 5.41) is 7.71. The third-order valence-electron chi connectivity index (χ3n) is 3.53. The van der Waals surface area contributed by atoms with E-state index >= 15 is 0 Å². The molecule has 0 saturated heterocycles. The zero-order chi connectivity index (χ0) is 15.5. The number of carbonyl (C=O) groups excluding carboxylic acids is 1. The largest absolute Gasteiger partial charge is 0.328 e. The minimum atomic E-state index is -3.83. The van der Waals surface area contributed by atoms with Crippen LogP contribution in [-0.4, -0.2) is 20.4 Å². The van der Waals surface area contributed by atoms with Crippen molar-refractivity contribution in [2.75, 3.05) is 10.0 Å². The van der Waals surface area contributed by atoms with Crippen molar-refractivity contribution >= 4 is 27.5 Å². The van der Waals surface area contributed by atoms with Crippen molar-refractivity contribution in [1.82, 2.24) is 0 Å². The molecule has 0 heterocycles. The zero-order valence-electron chi connectivity index (χ0n) is 11.6. The molecular weight excluding hydrogens is 292 g/mol. The lowest BCUT2D eigenvalue weighted by molar-refractivity contribution is -0.120. The zero-order valence-corrected chi connectivity index (χ0v) is 12.4. The maximum atomic E-state index is 12.2. The van der Waals surface area contributed by atoms with Crippen LogP contribution in [-0.2, 0) is 15.0 Å². The van der Waals surface area contributed by atoms with Crippen LogP contribution >= 0.6 is 0 Å². The summed E-state index contributed by atoms with van der Waals surface area (Å²) < 4.78 is 24.1. The quantitative estimate of drug-likeness (QED) is 0.654. The number of rotatable bonds is 4. The predicted octanol–water partition coefficient (Wildman–Crippen LogP) is 0.758. The Bertz CT molecular complexity index is 610. The summed E-state index contributed by atoms with van der Waals surface area (Å²) in [5.74, 6) is -0.102. The Morgan fingerprint density at radius 1 is 1.14 bits per heavy atom. The SMILES string of the molecule is NC1CCC(C(=O)Nc2cccc(NS(N)(=O)=O)c2)CC1. The highest BCUT2D eigenvalue weighted by Gasteiger charge is 2.24. The van der Waals surface area contributed by atoms with Gasteiger partial charge in [-0.25, -0.2) is 5.14 Å². The van der Waals surface area contributed by atoms with Crippen LogP contribution in [0.25, 0.3) is 0 Å². The Balaban J connectivity index is 1.99. The maximum absolute atomic E-state index is 12.2. The normalized spacial score (nSPS) is 22.6. The first-order valence-electron chi connectivity index (χ1n) is 6.80. The number of hydrogen-bond acceptors (Lipinski definition) is 4. The average molecular weight is 312 g/mol.